The number of alkyl halides is 1. The summed E-state index contributed by atoms with van der Waals surface area (Å²) in [7, 11) is 1.86. The van der Waals surface area contributed by atoms with Crippen LogP contribution in [-0.2, 0) is 4.79 Å². The van der Waals surface area contributed by atoms with Gasteiger partial charge in [0, 0.05) is 22.9 Å². The van der Waals surface area contributed by atoms with Crippen LogP contribution in [-0.4, -0.2) is 35.3 Å². The summed E-state index contributed by atoms with van der Waals surface area (Å²) in [5.74, 6) is 0.673. The smallest absolute Gasteiger partial charge is 0.260 e. The molecular weight excluding hydrogens is 342 g/mol. The fourth-order valence-corrected chi connectivity index (χ4v) is 3.53. The second-order valence-electron chi connectivity index (χ2n) is 5.12. The molecule has 1 fully saturated rings. The number of carbonyl (C=O) groups excluding carboxylic acids is 1. The predicted octanol–water partition coefficient (Wildman–Crippen LogP) is 3.88. The minimum atomic E-state index is 0.0105. The second kappa shape index (κ2) is 7.32. The molecule has 0 spiro atoms. The molecule has 110 valence electrons. The van der Waals surface area contributed by atoms with Crippen LogP contribution < -0.4 is 4.74 Å². The van der Waals surface area contributed by atoms with Crippen molar-refractivity contribution in [3.63, 3.8) is 0 Å². The summed E-state index contributed by atoms with van der Waals surface area (Å²) in [4.78, 5) is 14.4. The summed E-state index contributed by atoms with van der Waals surface area (Å²) in [6.07, 6.45) is 4.59. The second-order valence-corrected chi connectivity index (χ2v) is 6.73. The molecule has 2 rings (SSSR count). The fraction of sp³-hybridized carbons (Fsp3) is 0.533. The number of hydrogen-bond donors (Lipinski definition) is 0. The molecule has 0 saturated heterocycles. The van der Waals surface area contributed by atoms with Gasteiger partial charge < -0.3 is 9.64 Å². The Morgan fingerprint density at radius 1 is 1.35 bits per heavy atom. The Kier molecular flexibility index (Phi) is 5.73. The maximum Gasteiger partial charge on any atom is 0.260 e. The predicted molar refractivity (Wildman–Crippen MR) is 84.7 cm³/mol. The number of rotatable bonds is 4. The zero-order chi connectivity index (χ0) is 14.5. The number of benzene rings is 1. The molecule has 2 atom stereocenters. The van der Waals surface area contributed by atoms with Crippen LogP contribution in [0.15, 0.2) is 24.3 Å². The number of hydrogen-bond acceptors (Lipinski definition) is 2. The third-order valence-corrected chi connectivity index (χ3v) is 5.03. The van der Waals surface area contributed by atoms with E-state index in [1.54, 1.807) is 24.3 Å². The van der Waals surface area contributed by atoms with Gasteiger partial charge in [0.25, 0.3) is 5.91 Å². The zero-order valence-corrected chi connectivity index (χ0v) is 13.9. The lowest BCUT2D eigenvalue weighted by atomic mass is 9.94. The molecule has 0 N–H and O–H groups in total. The van der Waals surface area contributed by atoms with Crippen LogP contribution >= 0.6 is 27.5 Å². The van der Waals surface area contributed by atoms with Crippen LogP contribution in [0.2, 0.25) is 5.02 Å². The van der Waals surface area contributed by atoms with Gasteiger partial charge in [-0.15, -0.1) is 0 Å². The summed E-state index contributed by atoms with van der Waals surface area (Å²) in [6.45, 7) is 0.0638. The highest BCUT2D eigenvalue weighted by Gasteiger charge is 2.29. The third kappa shape index (κ3) is 4.13. The van der Waals surface area contributed by atoms with Gasteiger partial charge >= 0.3 is 0 Å². The van der Waals surface area contributed by atoms with E-state index in [-0.39, 0.29) is 18.6 Å². The van der Waals surface area contributed by atoms with Gasteiger partial charge in [-0.3, -0.25) is 4.79 Å². The topological polar surface area (TPSA) is 29.5 Å². The SMILES string of the molecule is CN(C(=O)COc1ccc(Cl)cc1)C1CCCCC1Br. The van der Waals surface area contributed by atoms with E-state index in [2.05, 4.69) is 15.9 Å². The molecule has 0 aliphatic heterocycles. The van der Waals surface area contributed by atoms with Gasteiger partial charge in [0.1, 0.15) is 5.75 Å². The van der Waals surface area contributed by atoms with E-state index in [9.17, 15) is 4.79 Å². The molecule has 1 aromatic carbocycles. The lowest BCUT2D eigenvalue weighted by molar-refractivity contribution is -0.134. The van der Waals surface area contributed by atoms with Gasteiger partial charge in [0.05, 0.1) is 0 Å². The summed E-state index contributed by atoms with van der Waals surface area (Å²) in [6, 6.07) is 7.30. The van der Waals surface area contributed by atoms with Gasteiger partial charge in [0.2, 0.25) is 0 Å². The van der Waals surface area contributed by atoms with E-state index in [1.807, 2.05) is 11.9 Å². The van der Waals surface area contributed by atoms with Gasteiger partial charge in [0.15, 0.2) is 6.61 Å². The summed E-state index contributed by atoms with van der Waals surface area (Å²) < 4.78 is 5.50. The molecule has 0 heterocycles. The maximum absolute atomic E-state index is 12.2. The Morgan fingerprint density at radius 2 is 2.00 bits per heavy atom. The van der Waals surface area contributed by atoms with E-state index in [0.29, 0.717) is 15.6 Å². The molecule has 1 aliphatic carbocycles. The lowest BCUT2D eigenvalue weighted by Gasteiger charge is -2.35. The lowest BCUT2D eigenvalue weighted by Crippen LogP contribution is -2.45. The Labute approximate surface area is 133 Å². The zero-order valence-electron chi connectivity index (χ0n) is 11.5. The van der Waals surface area contributed by atoms with Crippen LogP contribution in [0, 0.1) is 0 Å². The van der Waals surface area contributed by atoms with Gasteiger partial charge in [-0.1, -0.05) is 40.4 Å². The number of likely N-dealkylation sites (N-methyl/N-ethyl adjacent to an activating group) is 1. The molecule has 20 heavy (non-hydrogen) atoms. The largest absolute Gasteiger partial charge is 0.484 e. The van der Waals surface area contributed by atoms with Crippen molar-refractivity contribution >= 4 is 33.4 Å². The number of carbonyl (C=O) groups is 1. The van der Waals surface area contributed by atoms with Crippen LogP contribution in [0.5, 0.6) is 5.75 Å². The molecular formula is C15H19BrClNO2. The highest BCUT2D eigenvalue weighted by Crippen LogP contribution is 2.28. The Hall–Kier alpha value is -0.740. The number of nitrogens with zero attached hydrogens (tertiary/aromatic N) is 1. The summed E-state index contributed by atoms with van der Waals surface area (Å²) >= 11 is 9.48. The fourth-order valence-electron chi connectivity index (χ4n) is 2.46. The van der Waals surface area contributed by atoms with Gasteiger partial charge in [-0.05, 0) is 37.1 Å². The maximum atomic E-state index is 12.2. The number of amides is 1. The highest BCUT2D eigenvalue weighted by molar-refractivity contribution is 9.09. The van der Waals surface area contributed by atoms with Crippen molar-refractivity contribution in [3.05, 3.63) is 29.3 Å². The third-order valence-electron chi connectivity index (χ3n) is 3.71. The first kappa shape index (κ1) is 15.6. The van der Waals surface area contributed by atoms with E-state index >= 15 is 0 Å². The van der Waals surface area contributed by atoms with Crippen LogP contribution in [0.4, 0.5) is 0 Å². The molecule has 1 aromatic rings. The molecule has 2 unspecified atom stereocenters. The van der Waals surface area contributed by atoms with Crippen LogP contribution in [0.3, 0.4) is 0 Å². The summed E-state index contributed by atoms with van der Waals surface area (Å²) in [5.41, 5.74) is 0. The molecule has 0 radical (unpaired) electrons. The van der Waals surface area contributed by atoms with E-state index in [1.165, 1.54) is 12.8 Å². The van der Waals surface area contributed by atoms with Crippen molar-refractivity contribution in [2.24, 2.45) is 0 Å². The average molecular weight is 361 g/mol. The quantitative estimate of drug-likeness (QED) is 0.763. The van der Waals surface area contributed by atoms with Crippen molar-refractivity contribution in [2.75, 3.05) is 13.7 Å². The van der Waals surface area contributed by atoms with Gasteiger partial charge in [-0.25, -0.2) is 0 Å². The minimum absolute atomic E-state index is 0.0105. The van der Waals surface area contributed by atoms with Crippen molar-refractivity contribution < 1.29 is 9.53 Å². The Balaban J connectivity index is 1.86. The average Bonchev–Trinajstić information content (AvgIpc) is 2.46. The Bertz CT molecular complexity index is 452. The Morgan fingerprint density at radius 3 is 2.65 bits per heavy atom. The van der Waals surface area contributed by atoms with Crippen molar-refractivity contribution in [3.8, 4) is 5.75 Å². The first-order valence-electron chi connectivity index (χ1n) is 6.86. The molecule has 1 amide bonds. The molecule has 1 aliphatic rings. The molecule has 3 nitrogen and oxygen atoms in total. The normalized spacial score (nSPS) is 22.4. The first-order valence-corrected chi connectivity index (χ1v) is 8.15. The highest BCUT2D eigenvalue weighted by atomic mass is 79.9. The van der Waals surface area contributed by atoms with Crippen LogP contribution in [0.1, 0.15) is 25.7 Å². The monoisotopic (exact) mass is 359 g/mol. The van der Waals surface area contributed by atoms with E-state index < -0.39 is 0 Å². The number of ether oxygens (including phenoxy) is 1. The van der Waals surface area contributed by atoms with Crippen molar-refractivity contribution in [2.45, 2.75) is 36.6 Å². The van der Waals surface area contributed by atoms with E-state index in [4.69, 9.17) is 16.3 Å². The van der Waals surface area contributed by atoms with E-state index in [0.717, 1.165) is 12.8 Å². The van der Waals surface area contributed by atoms with Crippen molar-refractivity contribution in [1.82, 2.24) is 4.90 Å². The first-order chi connectivity index (χ1) is 9.58. The minimum Gasteiger partial charge on any atom is -0.484 e. The molecule has 1 saturated carbocycles. The molecule has 0 aromatic heterocycles. The molecule has 0 bridgehead atoms. The molecule has 5 heteroatoms. The standard InChI is InChI=1S/C15H19BrClNO2/c1-18(14-5-3-2-4-13(14)16)15(19)10-20-12-8-6-11(17)7-9-12/h6-9,13-14H,2-5,10H2,1H3. The van der Waals surface area contributed by atoms with Gasteiger partial charge in [-0.2, -0.15) is 0 Å². The summed E-state index contributed by atoms with van der Waals surface area (Å²) in [5, 5.41) is 0.658. The van der Waals surface area contributed by atoms with Crippen LogP contribution in [0.25, 0.3) is 0 Å². The van der Waals surface area contributed by atoms with Crippen molar-refractivity contribution in [1.29, 1.82) is 0 Å². The number of halogens is 2.